The molecular weight excluding hydrogens is 448 g/mol. The van der Waals surface area contributed by atoms with Crippen LogP contribution in [0.4, 0.5) is 11.5 Å². The topological polar surface area (TPSA) is 61.2 Å². The second kappa shape index (κ2) is 10.4. The van der Waals surface area contributed by atoms with Gasteiger partial charge in [0.15, 0.2) is 11.5 Å². The lowest BCUT2D eigenvalue weighted by Crippen LogP contribution is -2.01. The van der Waals surface area contributed by atoms with Crippen molar-refractivity contribution in [3.05, 3.63) is 84.8 Å². The van der Waals surface area contributed by atoms with Crippen LogP contribution in [0.15, 0.2) is 79.3 Å². The molecule has 0 amide bonds. The summed E-state index contributed by atoms with van der Waals surface area (Å²) in [5, 5.41) is 5.51. The Morgan fingerprint density at radius 1 is 0.853 bits per heavy atom. The summed E-state index contributed by atoms with van der Waals surface area (Å²) in [6, 6.07) is 22.8. The zero-order valence-corrected chi connectivity index (χ0v) is 20.0. The fourth-order valence-corrected chi connectivity index (χ4v) is 4.03. The summed E-state index contributed by atoms with van der Waals surface area (Å²) in [6.45, 7) is 5.87. The Balaban J connectivity index is 0.00000274. The molecule has 5 aromatic rings. The number of aromatic nitrogens is 3. The van der Waals surface area contributed by atoms with E-state index in [0.717, 1.165) is 29.0 Å². The molecule has 7 heteroatoms. The molecule has 3 aromatic carbocycles. The summed E-state index contributed by atoms with van der Waals surface area (Å²) in [5.41, 5.74) is 4.24. The Morgan fingerprint density at radius 3 is 2.38 bits per heavy atom. The van der Waals surface area contributed by atoms with Gasteiger partial charge in [0.1, 0.15) is 12.1 Å². The minimum atomic E-state index is 0. The number of hydrogen-bond donors (Lipinski definition) is 1. The molecule has 2 heterocycles. The van der Waals surface area contributed by atoms with Gasteiger partial charge in [0.2, 0.25) is 0 Å². The maximum atomic E-state index is 5.80. The lowest BCUT2D eigenvalue weighted by molar-refractivity contribution is 0.288. The van der Waals surface area contributed by atoms with Crippen molar-refractivity contribution in [1.82, 2.24) is 14.5 Å². The van der Waals surface area contributed by atoms with Crippen LogP contribution in [0.5, 0.6) is 11.5 Å². The number of ether oxygens (including phenoxy) is 2. The molecule has 0 aliphatic rings. The fraction of sp³-hybridized carbons (Fsp3) is 0.185. The van der Waals surface area contributed by atoms with Crippen molar-refractivity contribution in [1.29, 1.82) is 0 Å². The third kappa shape index (κ3) is 4.77. The first-order valence-electron chi connectivity index (χ1n) is 11.2. The van der Waals surface area contributed by atoms with Gasteiger partial charge in [-0.1, -0.05) is 30.3 Å². The van der Waals surface area contributed by atoms with Gasteiger partial charge >= 0.3 is 0 Å². The van der Waals surface area contributed by atoms with E-state index in [4.69, 9.17) is 9.47 Å². The van der Waals surface area contributed by atoms with E-state index in [2.05, 4.69) is 74.6 Å². The fourth-order valence-electron chi connectivity index (χ4n) is 4.03. The molecule has 0 unspecified atom stereocenters. The van der Waals surface area contributed by atoms with E-state index >= 15 is 0 Å². The van der Waals surface area contributed by atoms with Crippen LogP contribution in [-0.2, 0) is 6.54 Å². The molecule has 34 heavy (non-hydrogen) atoms. The van der Waals surface area contributed by atoms with Crippen molar-refractivity contribution < 1.29 is 9.47 Å². The minimum Gasteiger partial charge on any atom is -0.490 e. The number of nitrogens with zero attached hydrogens (tertiary/aromatic N) is 3. The summed E-state index contributed by atoms with van der Waals surface area (Å²) in [5.74, 6) is 2.11. The highest BCUT2D eigenvalue weighted by molar-refractivity contribution is 5.94. The molecule has 2 aromatic heterocycles. The molecule has 5 rings (SSSR count). The summed E-state index contributed by atoms with van der Waals surface area (Å²) in [7, 11) is 0. The lowest BCUT2D eigenvalue weighted by Gasteiger charge is -2.14. The highest BCUT2D eigenvalue weighted by atomic mass is 35.5. The van der Waals surface area contributed by atoms with Crippen molar-refractivity contribution in [2.75, 3.05) is 18.5 Å². The molecule has 0 bridgehead atoms. The molecule has 0 atom stereocenters. The molecule has 6 nitrogen and oxygen atoms in total. The molecule has 0 saturated heterocycles. The van der Waals surface area contributed by atoms with Crippen LogP contribution in [0, 0.1) is 0 Å². The van der Waals surface area contributed by atoms with Crippen molar-refractivity contribution in [3.63, 3.8) is 0 Å². The second-order valence-corrected chi connectivity index (χ2v) is 7.73. The Bertz CT molecular complexity index is 1400. The highest BCUT2D eigenvalue weighted by Crippen LogP contribution is 2.35. The van der Waals surface area contributed by atoms with Crippen LogP contribution < -0.4 is 14.8 Å². The molecular formula is C27H27ClN4O2. The number of halogens is 1. The Hall–Kier alpha value is -3.77. The van der Waals surface area contributed by atoms with Gasteiger partial charge in [-0.15, -0.1) is 12.4 Å². The van der Waals surface area contributed by atoms with Gasteiger partial charge in [-0.3, -0.25) is 0 Å². The summed E-state index contributed by atoms with van der Waals surface area (Å²) in [6.07, 6.45) is 3.70. The smallest absolute Gasteiger partial charge is 0.163 e. The predicted octanol–water partition coefficient (Wildman–Crippen LogP) is 6.60. The monoisotopic (exact) mass is 474 g/mol. The zero-order chi connectivity index (χ0) is 22.6. The largest absolute Gasteiger partial charge is 0.490 e. The molecule has 0 aliphatic heterocycles. The Morgan fingerprint density at radius 2 is 1.62 bits per heavy atom. The third-order valence-corrected chi connectivity index (χ3v) is 5.53. The maximum absolute atomic E-state index is 5.80. The van der Waals surface area contributed by atoms with Crippen molar-refractivity contribution >= 4 is 45.7 Å². The SMILES string of the molecule is CCOc1cc2ncnc(Nc3ccc4c(ccn4Cc4ccccc4)c3)c2cc1OCC.Cl. The van der Waals surface area contributed by atoms with E-state index in [9.17, 15) is 0 Å². The molecule has 0 radical (unpaired) electrons. The molecule has 0 saturated carbocycles. The van der Waals surface area contributed by atoms with E-state index in [1.54, 1.807) is 6.33 Å². The van der Waals surface area contributed by atoms with E-state index in [0.29, 0.717) is 24.7 Å². The first-order chi connectivity index (χ1) is 16.2. The molecule has 0 aliphatic carbocycles. The van der Waals surface area contributed by atoms with Gasteiger partial charge < -0.3 is 19.4 Å². The molecule has 0 fully saturated rings. The number of benzene rings is 3. The third-order valence-electron chi connectivity index (χ3n) is 5.53. The maximum Gasteiger partial charge on any atom is 0.163 e. The van der Waals surface area contributed by atoms with Gasteiger partial charge in [0, 0.05) is 40.8 Å². The first-order valence-corrected chi connectivity index (χ1v) is 11.2. The average molecular weight is 475 g/mol. The van der Waals surface area contributed by atoms with Crippen LogP contribution in [0.2, 0.25) is 0 Å². The van der Waals surface area contributed by atoms with Gasteiger partial charge in [-0.05, 0) is 49.7 Å². The molecule has 0 spiro atoms. The summed E-state index contributed by atoms with van der Waals surface area (Å²) >= 11 is 0. The van der Waals surface area contributed by atoms with Gasteiger partial charge in [0.25, 0.3) is 0 Å². The van der Waals surface area contributed by atoms with Crippen molar-refractivity contribution in [2.45, 2.75) is 20.4 Å². The Kier molecular flexibility index (Phi) is 7.18. The van der Waals surface area contributed by atoms with Crippen LogP contribution in [0.25, 0.3) is 21.8 Å². The van der Waals surface area contributed by atoms with E-state index in [1.807, 2.05) is 32.0 Å². The number of nitrogens with one attached hydrogen (secondary N) is 1. The van der Waals surface area contributed by atoms with Crippen LogP contribution in [-0.4, -0.2) is 27.7 Å². The van der Waals surface area contributed by atoms with Crippen molar-refractivity contribution in [2.24, 2.45) is 0 Å². The molecule has 174 valence electrons. The minimum absolute atomic E-state index is 0. The van der Waals surface area contributed by atoms with E-state index < -0.39 is 0 Å². The van der Waals surface area contributed by atoms with E-state index in [1.165, 1.54) is 16.5 Å². The summed E-state index contributed by atoms with van der Waals surface area (Å²) in [4.78, 5) is 8.93. The number of anilines is 2. The standard InChI is InChI=1S/C27H26N4O2.ClH/c1-3-32-25-15-22-23(16-26(25)33-4-2)28-18-29-27(22)30-21-10-11-24-20(14-21)12-13-31(24)17-19-8-6-5-7-9-19;/h5-16,18H,3-4,17H2,1-2H3,(H,28,29,30);1H. The lowest BCUT2D eigenvalue weighted by atomic mass is 10.2. The van der Waals surface area contributed by atoms with Gasteiger partial charge in [0.05, 0.1) is 18.7 Å². The van der Waals surface area contributed by atoms with Crippen LogP contribution >= 0.6 is 12.4 Å². The van der Waals surface area contributed by atoms with Gasteiger partial charge in [-0.2, -0.15) is 0 Å². The highest BCUT2D eigenvalue weighted by Gasteiger charge is 2.12. The van der Waals surface area contributed by atoms with E-state index in [-0.39, 0.29) is 12.4 Å². The first kappa shape index (κ1) is 23.4. The normalized spacial score (nSPS) is 10.8. The number of hydrogen-bond acceptors (Lipinski definition) is 5. The summed E-state index contributed by atoms with van der Waals surface area (Å²) < 4.78 is 13.8. The van der Waals surface area contributed by atoms with Crippen LogP contribution in [0.3, 0.4) is 0 Å². The van der Waals surface area contributed by atoms with Crippen molar-refractivity contribution in [3.8, 4) is 11.5 Å². The average Bonchev–Trinajstić information content (AvgIpc) is 3.23. The predicted molar refractivity (Wildman–Crippen MR) is 140 cm³/mol. The number of rotatable bonds is 8. The second-order valence-electron chi connectivity index (χ2n) is 7.73. The Labute approximate surface area is 205 Å². The zero-order valence-electron chi connectivity index (χ0n) is 19.2. The number of fused-ring (bicyclic) bond motifs is 2. The quantitative estimate of drug-likeness (QED) is 0.274. The molecule has 1 N–H and O–H groups in total. The van der Waals surface area contributed by atoms with Gasteiger partial charge in [-0.25, -0.2) is 9.97 Å². The van der Waals surface area contributed by atoms with Crippen LogP contribution in [0.1, 0.15) is 19.4 Å².